The summed E-state index contributed by atoms with van der Waals surface area (Å²) < 4.78 is 0. The van der Waals surface area contributed by atoms with Crippen LogP contribution in [0.1, 0.15) is 26.2 Å². The van der Waals surface area contributed by atoms with Crippen LogP contribution in [0.2, 0.25) is 0 Å². The lowest BCUT2D eigenvalue weighted by Crippen LogP contribution is -2.25. The molecule has 1 atom stereocenters. The average Bonchev–Trinajstić information content (AvgIpc) is 1.88. The Hall–Kier alpha value is -0.560. The lowest BCUT2D eigenvalue weighted by Gasteiger charge is -2.25. The van der Waals surface area contributed by atoms with Gasteiger partial charge in [0.05, 0.1) is 0 Å². The standard InChI is InChI=1S/C9H14O/c1-3-9(10)6-4-5-8(2)7-9/h3,7,10H,1,4-6H2,2H3/t9-/m1/s1. The number of hydrogen-bond donors (Lipinski definition) is 1. The van der Waals surface area contributed by atoms with Gasteiger partial charge in [0, 0.05) is 0 Å². The average molecular weight is 138 g/mol. The molecule has 0 unspecified atom stereocenters. The van der Waals surface area contributed by atoms with E-state index in [1.165, 1.54) is 5.57 Å². The van der Waals surface area contributed by atoms with E-state index in [9.17, 15) is 5.11 Å². The Balaban J connectivity index is 2.78. The first kappa shape index (κ1) is 7.55. The summed E-state index contributed by atoms with van der Waals surface area (Å²) in [6.45, 7) is 5.65. The van der Waals surface area contributed by atoms with Gasteiger partial charge >= 0.3 is 0 Å². The summed E-state index contributed by atoms with van der Waals surface area (Å²) in [6, 6.07) is 0. The predicted molar refractivity (Wildman–Crippen MR) is 42.8 cm³/mol. The van der Waals surface area contributed by atoms with Gasteiger partial charge in [-0.15, -0.1) is 0 Å². The van der Waals surface area contributed by atoms with Crippen molar-refractivity contribution in [2.75, 3.05) is 0 Å². The highest BCUT2D eigenvalue weighted by atomic mass is 16.3. The van der Waals surface area contributed by atoms with Gasteiger partial charge in [-0.2, -0.15) is 0 Å². The van der Waals surface area contributed by atoms with Crippen LogP contribution in [0, 0.1) is 0 Å². The first-order chi connectivity index (χ1) is 4.66. The maximum atomic E-state index is 9.66. The van der Waals surface area contributed by atoms with Gasteiger partial charge in [-0.1, -0.05) is 24.3 Å². The minimum absolute atomic E-state index is 0.706. The molecule has 1 heteroatoms. The minimum Gasteiger partial charge on any atom is -0.382 e. The Morgan fingerprint density at radius 2 is 2.50 bits per heavy atom. The predicted octanol–water partition coefficient (Wildman–Crippen LogP) is 2.03. The Morgan fingerprint density at radius 1 is 1.80 bits per heavy atom. The summed E-state index contributed by atoms with van der Waals surface area (Å²) in [5, 5.41) is 9.66. The molecule has 0 aliphatic heterocycles. The van der Waals surface area contributed by atoms with E-state index in [4.69, 9.17) is 0 Å². The van der Waals surface area contributed by atoms with Crippen molar-refractivity contribution in [3.05, 3.63) is 24.3 Å². The summed E-state index contributed by atoms with van der Waals surface area (Å²) >= 11 is 0. The molecule has 1 aliphatic carbocycles. The second-order valence-corrected chi connectivity index (χ2v) is 3.04. The second kappa shape index (κ2) is 2.59. The topological polar surface area (TPSA) is 20.2 Å². The third kappa shape index (κ3) is 1.48. The maximum Gasteiger partial charge on any atom is 0.101 e. The van der Waals surface area contributed by atoms with Crippen LogP contribution in [0.5, 0.6) is 0 Å². The molecule has 0 radical (unpaired) electrons. The fourth-order valence-corrected chi connectivity index (χ4v) is 1.38. The van der Waals surface area contributed by atoms with Gasteiger partial charge in [0.2, 0.25) is 0 Å². The third-order valence-corrected chi connectivity index (χ3v) is 2.00. The molecule has 1 rings (SSSR count). The maximum absolute atomic E-state index is 9.66. The molecule has 0 aromatic heterocycles. The molecule has 0 saturated carbocycles. The molecule has 1 aliphatic rings. The summed E-state index contributed by atoms with van der Waals surface area (Å²) in [5.41, 5.74) is 0.566. The molecular formula is C9H14O. The summed E-state index contributed by atoms with van der Waals surface area (Å²) in [7, 11) is 0. The normalized spacial score (nSPS) is 33.2. The van der Waals surface area contributed by atoms with Crippen LogP contribution < -0.4 is 0 Å². The third-order valence-electron chi connectivity index (χ3n) is 2.00. The van der Waals surface area contributed by atoms with E-state index in [-0.39, 0.29) is 0 Å². The monoisotopic (exact) mass is 138 g/mol. The highest BCUT2D eigenvalue weighted by Crippen LogP contribution is 2.26. The Labute approximate surface area is 62.1 Å². The first-order valence-corrected chi connectivity index (χ1v) is 3.70. The zero-order valence-corrected chi connectivity index (χ0v) is 6.43. The molecule has 0 aromatic rings. The Morgan fingerprint density at radius 3 is 2.90 bits per heavy atom. The molecule has 10 heavy (non-hydrogen) atoms. The van der Waals surface area contributed by atoms with Crippen molar-refractivity contribution in [2.24, 2.45) is 0 Å². The molecular weight excluding hydrogens is 124 g/mol. The fraction of sp³-hybridized carbons (Fsp3) is 0.556. The minimum atomic E-state index is -0.706. The molecule has 1 N–H and O–H groups in total. The van der Waals surface area contributed by atoms with E-state index in [1.54, 1.807) is 6.08 Å². The molecule has 0 saturated heterocycles. The number of hydrogen-bond acceptors (Lipinski definition) is 1. The van der Waals surface area contributed by atoms with Gasteiger partial charge in [0.1, 0.15) is 5.60 Å². The Kier molecular flexibility index (Phi) is 1.95. The Bertz CT molecular complexity index is 170. The van der Waals surface area contributed by atoms with Gasteiger partial charge in [0.15, 0.2) is 0 Å². The number of aliphatic hydroxyl groups is 1. The molecule has 0 spiro atoms. The van der Waals surface area contributed by atoms with Crippen molar-refractivity contribution in [2.45, 2.75) is 31.8 Å². The highest BCUT2D eigenvalue weighted by molar-refractivity contribution is 5.19. The van der Waals surface area contributed by atoms with E-state index >= 15 is 0 Å². The molecule has 0 amide bonds. The van der Waals surface area contributed by atoms with Crippen molar-refractivity contribution >= 4 is 0 Å². The zero-order chi connectivity index (χ0) is 7.61. The van der Waals surface area contributed by atoms with Crippen LogP contribution in [-0.4, -0.2) is 10.7 Å². The van der Waals surface area contributed by atoms with Gasteiger partial charge in [-0.3, -0.25) is 0 Å². The van der Waals surface area contributed by atoms with Crippen molar-refractivity contribution in [3.8, 4) is 0 Å². The lowest BCUT2D eigenvalue weighted by molar-refractivity contribution is 0.123. The van der Waals surface area contributed by atoms with E-state index in [0.717, 1.165) is 19.3 Å². The van der Waals surface area contributed by atoms with Crippen LogP contribution >= 0.6 is 0 Å². The fourth-order valence-electron chi connectivity index (χ4n) is 1.38. The van der Waals surface area contributed by atoms with Crippen molar-refractivity contribution in [1.29, 1.82) is 0 Å². The highest BCUT2D eigenvalue weighted by Gasteiger charge is 2.22. The van der Waals surface area contributed by atoms with Crippen LogP contribution in [0.25, 0.3) is 0 Å². The molecule has 0 heterocycles. The van der Waals surface area contributed by atoms with Gasteiger partial charge < -0.3 is 5.11 Å². The van der Waals surface area contributed by atoms with Crippen molar-refractivity contribution in [1.82, 2.24) is 0 Å². The first-order valence-electron chi connectivity index (χ1n) is 3.70. The van der Waals surface area contributed by atoms with E-state index < -0.39 is 5.60 Å². The quantitative estimate of drug-likeness (QED) is 0.550. The summed E-state index contributed by atoms with van der Waals surface area (Å²) in [6.07, 6.45) is 6.55. The smallest absolute Gasteiger partial charge is 0.101 e. The lowest BCUT2D eigenvalue weighted by atomic mass is 9.87. The van der Waals surface area contributed by atoms with Crippen LogP contribution in [0.3, 0.4) is 0 Å². The van der Waals surface area contributed by atoms with Gasteiger partial charge in [0.25, 0.3) is 0 Å². The summed E-state index contributed by atoms with van der Waals surface area (Å²) in [4.78, 5) is 0. The molecule has 0 bridgehead atoms. The largest absolute Gasteiger partial charge is 0.382 e. The number of rotatable bonds is 1. The van der Waals surface area contributed by atoms with E-state index in [0.29, 0.717) is 0 Å². The van der Waals surface area contributed by atoms with Crippen LogP contribution in [-0.2, 0) is 0 Å². The zero-order valence-electron chi connectivity index (χ0n) is 6.43. The summed E-state index contributed by atoms with van der Waals surface area (Å²) in [5.74, 6) is 0. The van der Waals surface area contributed by atoms with Crippen LogP contribution in [0.4, 0.5) is 0 Å². The molecule has 56 valence electrons. The van der Waals surface area contributed by atoms with Crippen molar-refractivity contribution in [3.63, 3.8) is 0 Å². The molecule has 1 nitrogen and oxygen atoms in total. The van der Waals surface area contributed by atoms with Gasteiger partial charge in [-0.05, 0) is 26.2 Å². The number of allylic oxidation sites excluding steroid dienone is 1. The van der Waals surface area contributed by atoms with E-state index in [2.05, 4.69) is 6.58 Å². The van der Waals surface area contributed by atoms with Crippen molar-refractivity contribution < 1.29 is 5.11 Å². The van der Waals surface area contributed by atoms with E-state index in [1.807, 2.05) is 13.0 Å². The second-order valence-electron chi connectivity index (χ2n) is 3.04. The SMILES string of the molecule is C=C[C@]1(O)C=C(C)CCC1. The van der Waals surface area contributed by atoms with Crippen LogP contribution in [0.15, 0.2) is 24.3 Å². The molecule has 0 fully saturated rings. The molecule has 0 aromatic carbocycles. The van der Waals surface area contributed by atoms with Gasteiger partial charge in [-0.25, -0.2) is 0 Å².